The van der Waals surface area contributed by atoms with Gasteiger partial charge in [-0.15, -0.1) is 0 Å². The summed E-state index contributed by atoms with van der Waals surface area (Å²) in [5.74, 6) is 0. The number of hydrogen-bond donors (Lipinski definition) is 1. The fraction of sp³-hybridized carbons (Fsp3) is 1.00. The zero-order chi connectivity index (χ0) is 9.90. The van der Waals surface area contributed by atoms with E-state index in [0.717, 1.165) is 13.1 Å². The zero-order valence-corrected chi connectivity index (χ0v) is 9.56. The van der Waals surface area contributed by atoms with Crippen LogP contribution in [0.3, 0.4) is 0 Å². The first kappa shape index (κ1) is 11.0. The Morgan fingerprint density at radius 1 is 1.46 bits per heavy atom. The maximum absolute atomic E-state index is 3.42. The Morgan fingerprint density at radius 3 is 2.62 bits per heavy atom. The molecule has 0 aromatic rings. The van der Waals surface area contributed by atoms with Crippen molar-refractivity contribution in [2.75, 3.05) is 19.6 Å². The minimum Gasteiger partial charge on any atom is -0.315 e. The third-order valence-corrected chi connectivity index (χ3v) is 3.19. The fourth-order valence-electron chi connectivity index (χ4n) is 2.41. The third kappa shape index (κ3) is 2.68. The van der Waals surface area contributed by atoms with E-state index in [1.165, 1.54) is 19.4 Å². The van der Waals surface area contributed by atoms with Gasteiger partial charge in [-0.3, -0.25) is 4.90 Å². The molecule has 2 nitrogen and oxygen atoms in total. The molecule has 2 heteroatoms. The molecule has 78 valence electrons. The molecule has 1 aliphatic rings. The molecule has 0 aromatic carbocycles. The lowest BCUT2D eigenvalue weighted by Crippen LogP contribution is -2.48. The van der Waals surface area contributed by atoms with Crippen molar-refractivity contribution in [3.05, 3.63) is 0 Å². The molecule has 1 unspecified atom stereocenters. The molecule has 0 spiro atoms. The first-order valence-corrected chi connectivity index (χ1v) is 5.55. The minimum atomic E-state index is 0.425. The fourth-order valence-corrected chi connectivity index (χ4v) is 2.41. The number of hydrogen-bond acceptors (Lipinski definition) is 2. The Bertz CT molecular complexity index is 154. The molecule has 1 heterocycles. The SMILES string of the molecule is CCNCC(C)N1CCCC1(C)C. The molecule has 1 N–H and O–H groups in total. The van der Waals surface area contributed by atoms with Crippen LogP contribution in [0.5, 0.6) is 0 Å². The predicted octanol–water partition coefficient (Wildman–Crippen LogP) is 1.86. The molecule has 0 bridgehead atoms. The van der Waals surface area contributed by atoms with Crippen LogP contribution >= 0.6 is 0 Å². The second kappa shape index (κ2) is 4.43. The van der Waals surface area contributed by atoms with Crippen molar-refractivity contribution in [2.24, 2.45) is 0 Å². The molecule has 0 aromatic heterocycles. The van der Waals surface area contributed by atoms with Crippen LogP contribution in [0.15, 0.2) is 0 Å². The third-order valence-electron chi connectivity index (χ3n) is 3.19. The van der Waals surface area contributed by atoms with Crippen LogP contribution in [0.2, 0.25) is 0 Å². The zero-order valence-electron chi connectivity index (χ0n) is 9.56. The summed E-state index contributed by atoms with van der Waals surface area (Å²) in [5.41, 5.74) is 0.425. The number of likely N-dealkylation sites (tertiary alicyclic amines) is 1. The Kier molecular flexibility index (Phi) is 3.74. The molecule has 1 atom stereocenters. The van der Waals surface area contributed by atoms with Gasteiger partial charge >= 0.3 is 0 Å². The lowest BCUT2D eigenvalue weighted by Gasteiger charge is -2.36. The van der Waals surface area contributed by atoms with Gasteiger partial charge in [0.15, 0.2) is 0 Å². The number of rotatable bonds is 4. The van der Waals surface area contributed by atoms with E-state index >= 15 is 0 Å². The topological polar surface area (TPSA) is 15.3 Å². The average Bonchev–Trinajstić information content (AvgIpc) is 2.41. The van der Waals surface area contributed by atoms with Gasteiger partial charge in [0.05, 0.1) is 0 Å². The van der Waals surface area contributed by atoms with Crippen LogP contribution in [-0.2, 0) is 0 Å². The lowest BCUT2D eigenvalue weighted by atomic mass is 10.0. The van der Waals surface area contributed by atoms with E-state index in [1.807, 2.05) is 0 Å². The van der Waals surface area contributed by atoms with E-state index in [0.29, 0.717) is 11.6 Å². The van der Waals surface area contributed by atoms with E-state index in [1.54, 1.807) is 0 Å². The monoisotopic (exact) mass is 184 g/mol. The van der Waals surface area contributed by atoms with Crippen LogP contribution in [0.4, 0.5) is 0 Å². The molecule has 0 aliphatic carbocycles. The van der Waals surface area contributed by atoms with Crippen molar-refractivity contribution in [1.29, 1.82) is 0 Å². The lowest BCUT2D eigenvalue weighted by molar-refractivity contribution is 0.124. The quantitative estimate of drug-likeness (QED) is 0.717. The summed E-state index contributed by atoms with van der Waals surface area (Å²) in [4.78, 5) is 2.63. The van der Waals surface area contributed by atoms with Crippen LogP contribution in [-0.4, -0.2) is 36.1 Å². The van der Waals surface area contributed by atoms with Gasteiger partial charge in [-0.25, -0.2) is 0 Å². The average molecular weight is 184 g/mol. The summed E-state index contributed by atoms with van der Waals surface area (Å²) in [6, 6.07) is 0.678. The summed E-state index contributed by atoms with van der Waals surface area (Å²) in [6.45, 7) is 12.7. The highest BCUT2D eigenvalue weighted by Crippen LogP contribution is 2.29. The summed E-state index contributed by atoms with van der Waals surface area (Å²) in [6.07, 6.45) is 2.72. The van der Waals surface area contributed by atoms with Gasteiger partial charge in [0, 0.05) is 18.1 Å². The van der Waals surface area contributed by atoms with E-state index in [2.05, 4.69) is 37.9 Å². The number of nitrogens with zero attached hydrogens (tertiary/aromatic N) is 1. The summed E-state index contributed by atoms with van der Waals surface area (Å²) in [7, 11) is 0. The second-order valence-electron chi connectivity index (χ2n) is 4.77. The van der Waals surface area contributed by atoms with Gasteiger partial charge in [-0.05, 0) is 46.7 Å². The molecule has 0 amide bonds. The van der Waals surface area contributed by atoms with Crippen molar-refractivity contribution in [3.8, 4) is 0 Å². The summed E-state index contributed by atoms with van der Waals surface area (Å²) in [5, 5.41) is 3.42. The maximum Gasteiger partial charge on any atom is 0.0197 e. The van der Waals surface area contributed by atoms with Crippen molar-refractivity contribution in [2.45, 2.75) is 52.1 Å². The molecule has 0 saturated carbocycles. The first-order chi connectivity index (χ1) is 6.08. The summed E-state index contributed by atoms with van der Waals surface area (Å²) >= 11 is 0. The highest BCUT2D eigenvalue weighted by Gasteiger charge is 2.34. The van der Waals surface area contributed by atoms with E-state index in [9.17, 15) is 0 Å². The smallest absolute Gasteiger partial charge is 0.0197 e. The Labute approximate surface area is 82.7 Å². The van der Waals surface area contributed by atoms with Gasteiger partial charge in [-0.2, -0.15) is 0 Å². The molecular formula is C11H24N2. The molecule has 1 fully saturated rings. The molecule has 0 radical (unpaired) electrons. The molecular weight excluding hydrogens is 160 g/mol. The van der Waals surface area contributed by atoms with Crippen LogP contribution < -0.4 is 5.32 Å². The van der Waals surface area contributed by atoms with Crippen molar-refractivity contribution >= 4 is 0 Å². The normalized spacial score (nSPS) is 24.9. The van der Waals surface area contributed by atoms with Gasteiger partial charge in [0.1, 0.15) is 0 Å². The highest BCUT2D eigenvalue weighted by atomic mass is 15.2. The van der Waals surface area contributed by atoms with Crippen molar-refractivity contribution in [1.82, 2.24) is 10.2 Å². The first-order valence-electron chi connectivity index (χ1n) is 5.55. The van der Waals surface area contributed by atoms with Crippen molar-refractivity contribution < 1.29 is 0 Å². The van der Waals surface area contributed by atoms with Crippen LogP contribution in [0, 0.1) is 0 Å². The Morgan fingerprint density at radius 2 is 2.15 bits per heavy atom. The Balaban J connectivity index is 2.41. The number of likely N-dealkylation sites (N-methyl/N-ethyl adjacent to an activating group) is 1. The largest absolute Gasteiger partial charge is 0.315 e. The number of nitrogens with one attached hydrogen (secondary N) is 1. The summed E-state index contributed by atoms with van der Waals surface area (Å²) < 4.78 is 0. The van der Waals surface area contributed by atoms with E-state index in [-0.39, 0.29) is 0 Å². The van der Waals surface area contributed by atoms with E-state index < -0.39 is 0 Å². The van der Waals surface area contributed by atoms with Crippen molar-refractivity contribution in [3.63, 3.8) is 0 Å². The highest BCUT2D eigenvalue weighted by molar-refractivity contribution is 4.91. The van der Waals surface area contributed by atoms with Crippen LogP contribution in [0.1, 0.15) is 40.5 Å². The molecule has 1 saturated heterocycles. The standard InChI is InChI=1S/C11H24N2/c1-5-12-9-10(2)13-8-6-7-11(13,3)4/h10,12H,5-9H2,1-4H3. The minimum absolute atomic E-state index is 0.425. The predicted molar refractivity (Wildman–Crippen MR) is 58.0 cm³/mol. The van der Waals surface area contributed by atoms with Gasteiger partial charge < -0.3 is 5.32 Å². The van der Waals surface area contributed by atoms with Gasteiger partial charge in [0.2, 0.25) is 0 Å². The maximum atomic E-state index is 3.42. The van der Waals surface area contributed by atoms with Gasteiger partial charge in [-0.1, -0.05) is 6.92 Å². The molecule has 1 rings (SSSR count). The molecule has 13 heavy (non-hydrogen) atoms. The molecule has 1 aliphatic heterocycles. The van der Waals surface area contributed by atoms with Crippen LogP contribution in [0.25, 0.3) is 0 Å². The Hall–Kier alpha value is -0.0800. The van der Waals surface area contributed by atoms with E-state index in [4.69, 9.17) is 0 Å². The second-order valence-corrected chi connectivity index (χ2v) is 4.77. The van der Waals surface area contributed by atoms with Gasteiger partial charge in [0.25, 0.3) is 0 Å².